The molecule has 0 bridgehead atoms. The Kier molecular flexibility index (Phi) is 4.21. The van der Waals surface area contributed by atoms with E-state index in [-0.39, 0.29) is 0 Å². The summed E-state index contributed by atoms with van der Waals surface area (Å²) in [6.07, 6.45) is 5.86. The minimum absolute atomic E-state index is 0.613. The predicted molar refractivity (Wildman–Crippen MR) is 92.3 cm³/mol. The predicted octanol–water partition coefficient (Wildman–Crippen LogP) is 2.44. The van der Waals surface area contributed by atoms with Gasteiger partial charge in [0.25, 0.3) is 0 Å². The minimum atomic E-state index is 0.613. The lowest BCUT2D eigenvalue weighted by molar-refractivity contribution is 0.150. The van der Waals surface area contributed by atoms with E-state index in [4.69, 9.17) is 9.97 Å². The molecule has 3 heterocycles. The zero-order valence-corrected chi connectivity index (χ0v) is 14.0. The van der Waals surface area contributed by atoms with Gasteiger partial charge in [-0.1, -0.05) is 18.2 Å². The molecule has 3 aromatic rings. The second-order valence-corrected chi connectivity index (χ2v) is 6.60. The number of aryl methyl sites for hydroxylation is 1. The van der Waals surface area contributed by atoms with Gasteiger partial charge in [0.15, 0.2) is 0 Å². The summed E-state index contributed by atoms with van der Waals surface area (Å²) < 4.78 is 1.94. The highest BCUT2D eigenvalue weighted by atomic mass is 15.3. The van der Waals surface area contributed by atoms with E-state index < -0.39 is 0 Å². The monoisotopic (exact) mass is 322 g/mol. The Bertz CT molecular complexity index is 813. The van der Waals surface area contributed by atoms with Crippen molar-refractivity contribution in [2.45, 2.75) is 32.9 Å². The van der Waals surface area contributed by atoms with Crippen LogP contribution < -0.4 is 0 Å². The second-order valence-electron chi connectivity index (χ2n) is 6.60. The van der Waals surface area contributed by atoms with Crippen LogP contribution in [0.15, 0.2) is 36.9 Å². The largest absolute Gasteiger partial charge is 0.296 e. The van der Waals surface area contributed by atoms with E-state index in [1.807, 2.05) is 16.8 Å². The van der Waals surface area contributed by atoms with Crippen molar-refractivity contribution >= 4 is 10.9 Å². The van der Waals surface area contributed by atoms with Crippen molar-refractivity contribution in [2.75, 3.05) is 13.1 Å². The molecule has 1 fully saturated rings. The van der Waals surface area contributed by atoms with Crippen molar-refractivity contribution in [3.63, 3.8) is 0 Å². The van der Waals surface area contributed by atoms with Crippen LogP contribution in [0.3, 0.4) is 0 Å². The molecule has 0 N–H and O–H groups in total. The fraction of sp³-hybridized carbons (Fsp3) is 0.444. The first-order valence-corrected chi connectivity index (χ1v) is 8.55. The average Bonchev–Trinajstić information content (AvgIpc) is 3.08. The number of likely N-dealkylation sites (tertiary alicyclic amines) is 1. The number of benzene rings is 1. The molecule has 124 valence electrons. The van der Waals surface area contributed by atoms with Crippen molar-refractivity contribution in [1.82, 2.24) is 29.6 Å². The molecular formula is C18H22N6. The third-order valence-corrected chi connectivity index (χ3v) is 4.72. The Hall–Kier alpha value is -2.34. The van der Waals surface area contributed by atoms with Gasteiger partial charge >= 0.3 is 0 Å². The van der Waals surface area contributed by atoms with Crippen LogP contribution in [0.5, 0.6) is 0 Å². The van der Waals surface area contributed by atoms with Gasteiger partial charge in [-0.2, -0.15) is 5.10 Å². The molecule has 1 saturated heterocycles. The standard InChI is InChI=1S/C18H22N6/c1-14-16-6-2-3-7-17(16)22-18(21-14)11-23-8-4-5-15(9-23)10-24-13-19-12-20-24/h2-3,6-7,12-13,15H,4-5,8-11H2,1H3/t15-/m1/s1. The van der Waals surface area contributed by atoms with Crippen molar-refractivity contribution in [1.29, 1.82) is 0 Å². The molecule has 1 atom stereocenters. The van der Waals surface area contributed by atoms with Crippen molar-refractivity contribution < 1.29 is 0 Å². The first kappa shape index (κ1) is 15.2. The molecule has 1 aliphatic heterocycles. The van der Waals surface area contributed by atoms with Gasteiger partial charge in [-0.3, -0.25) is 9.58 Å². The third kappa shape index (κ3) is 3.28. The van der Waals surface area contributed by atoms with Gasteiger partial charge in [0, 0.05) is 24.2 Å². The zero-order chi connectivity index (χ0) is 16.4. The SMILES string of the molecule is Cc1nc(CN2CCC[C@@H](Cn3cncn3)C2)nc2ccccc12. The van der Waals surface area contributed by atoms with Crippen LogP contribution in [0.25, 0.3) is 10.9 Å². The topological polar surface area (TPSA) is 59.7 Å². The maximum Gasteiger partial charge on any atom is 0.143 e. The minimum Gasteiger partial charge on any atom is -0.296 e. The number of hydrogen-bond acceptors (Lipinski definition) is 5. The highest BCUT2D eigenvalue weighted by Crippen LogP contribution is 2.20. The summed E-state index contributed by atoms with van der Waals surface area (Å²) in [6.45, 7) is 6.00. The fourth-order valence-corrected chi connectivity index (χ4v) is 3.60. The number of hydrogen-bond donors (Lipinski definition) is 0. The Morgan fingerprint density at radius 3 is 3.00 bits per heavy atom. The number of aromatic nitrogens is 5. The van der Waals surface area contributed by atoms with Gasteiger partial charge in [0.1, 0.15) is 18.5 Å². The van der Waals surface area contributed by atoms with Gasteiger partial charge in [-0.05, 0) is 38.3 Å². The van der Waals surface area contributed by atoms with E-state index in [1.165, 1.54) is 12.8 Å². The summed E-state index contributed by atoms with van der Waals surface area (Å²) in [4.78, 5) is 16.0. The highest BCUT2D eigenvalue weighted by Gasteiger charge is 2.21. The number of fused-ring (bicyclic) bond motifs is 1. The molecule has 0 radical (unpaired) electrons. The summed E-state index contributed by atoms with van der Waals surface area (Å²) in [5.41, 5.74) is 2.10. The lowest BCUT2D eigenvalue weighted by atomic mass is 9.98. The first-order chi connectivity index (χ1) is 11.8. The van der Waals surface area contributed by atoms with Gasteiger partial charge in [0.2, 0.25) is 0 Å². The van der Waals surface area contributed by atoms with E-state index in [1.54, 1.807) is 12.7 Å². The zero-order valence-electron chi connectivity index (χ0n) is 14.0. The van der Waals surface area contributed by atoms with Crippen LogP contribution in [0, 0.1) is 12.8 Å². The average molecular weight is 322 g/mol. The van der Waals surface area contributed by atoms with Crippen LogP contribution in [0.1, 0.15) is 24.4 Å². The molecular weight excluding hydrogens is 300 g/mol. The fourth-order valence-electron chi connectivity index (χ4n) is 3.60. The summed E-state index contributed by atoms with van der Waals surface area (Å²) in [5.74, 6) is 1.54. The molecule has 6 nitrogen and oxygen atoms in total. The normalized spacial score (nSPS) is 19.0. The molecule has 2 aromatic heterocycles. The number of piperidine rings is 1. The number of nitrogens with zero attached hydrogens (tertiary/aromatic N) is 6. The van der Waals surface area contributed by atoms with E-state index in [2.05, 4.69) is 34.0 Å². The summed E-state index contributed by atoms with van der Waals surface area (Å²) in [6, 6.07) is 8.23. The number of rotatable bonds is 4. The van der Waals surface area contributed by atoms with Crippen LogP contribution in [0.2, 0.25) is 0 Å². The molecule has 0 aliphatic carbocycles. The third-order valence-electron chi connectivity index (χ3n) is 4.72. The Morgan fingerprint density at radius 2 is 2.12 bits per heavy atom. The summed E-state index contributed by atoms with van der Waals surface area (Å²) in [5, 5.41) is 5.37. The molecule has 0 unspecified atom stereocenters. The smallest absolute Gasteiger partial charge is 0.143 e. The highest BCUT2D eigenvalue weighted by molar-refractivity contribution is 5.80. The Balaban J connectivity index is 1.46. The quantitative estimate of drug-likeness (QED) is 0.738. The van der Waals surface area contributed by atoms with Crippen molar-refractivity contribution in [3.8, 4) is 0 Å². The Labute approximate surface area is 141 Å². The van der Waals surface area contributed by atoms with E-state index in [0.717, 1.165) is 48.6 Å². The molecule has 0 amide bonds. The number of para-hydroxylation sites is 1. The molecule has 0 spiro atoms. The maximum absolute atomic E-state index is 4.75. The molecule has 4 rings (SSSR count). The van der Waals surface area contributed by atoms with E-state index in [0.29, 0.717) is 5.92 Å². The molecule has 1 aromatic carbocycles. The van der Waals surface area contributed by atoms with Crippen molar-refractivity contribution in [3.05, 3.63) is 48.4 Å². The molecule has 0 saturated carbocycles. The maximum atomic E-state index is 4.75. The van der Waals surface area contributed by atoms with Gasteiger partial charge in [-0.15, -0.1) is 0 Å². The molecule has 6 heteroatoms. The lowest BCUT2D eigenvalue weighted by Crippen LogP contribution is -2.37. The van der Waals surface area contributed by atoms with Crippen LogP contribution >= 0.6 is 0 Å². The first-order valence-electron chi connectivity index (χ1n) is 8.55. The van der Waals surface area contributed by atoms with E-state index in [9.17, 15) is 0 Å². The van der Waals surface area contributed by atoms with Crippen LogP contribution in [-0.4, -0.2) is 42.7 Å². The summed E-state index contributed by atoms with van der Waals surface area (Å²) >= 11 is 0. The van der Waals surface area contributed by atoms with E-state index >= 15 is 0 Å². The molecule has 24 heavy (non-hydrogen) atoms. The van der Waals surface area contributed by atoms with Gasteiger partial charge in [0.05, 0.1) is 12.1 Å². The second kappa shape index (κ2) is 6.65. The summed E-state index contributed by atoms with van der Waals surface area (Å²) in [7, 11) is 0. The van der Waals surface area contributed by atoms with Crippen molar-refractivity contribution in [2.24, 2.45) is 5.92 Å². The van der Waals surface area contributed by atoms with Gasteiger partial charge < -0.3 is 0 Å². The van der Waals surface area contributed by atoms with Crippen LogP contribution in [0.4, 0.5) is 0 Å². The molecule has 1 aliphatic rings. The Morgan fingerprint density at radius 1 is 1.21 bits per heavy atom. The van der Waals surface area contributed by atoms with Gasteiger partial charge in [-0.25, -0.2) is 15.0 Å². The van der Waals surface area contributed by atoms with Crippen LogP contribution in [-0.2, 0) is 13.1 Å². The lowest BCUT2D eigenvalue weighted by Gasteiger charge is -2.32.